The van der Waals surface area contributed by atoms with Crippen LogP contribution in [0.15, 0.2) is 236 Å². The van der Waals surface area contributed by atoms with Crippen LogP contribution in [-0.2, 0) is 0 Å². The van der Waals surface area contributed by atoms with E-state index in [1.807, 2.05) is 0 Å². The van der Waals surface area contributed by atoms with Crippen molar-refractivity contribution in [1.82, 2.24) is 0 Å². The number of hydrogen-bond acceptors (Lipinski definition) is 2. The number of benzene rings is 10. The van der Waals surface area contributed by atoms with Gasteiger partial charge in [0, 0.05) is 34.1 Å². The molecule has 11 rings (SSSR count). The van der Waals surface area contributed by atoms with Crippen molar-refractivity contribution in [3.8, 4) is 22.3 Å². The third-order valence-electron chi connectivity index (χ3n) is 12.3. The Balaban J connectivity index is 1.01. The average molecular weight is 781 g/mol. The predicted molar refractivity (Wildman–Crippen MR) is 262 cm³/mol. The monoisotopic (exact) mass is 780 g/mol. The third kappa shape index (κ3) is 6.73. The zero-order chi connectivity index (χ0) is 40.7. The third-order valence-corrected chi connectivity index (χ3v) is 12.3. The van der Waals surface area contributed by atoms with Gasteiger partial charge in [0.25, 0.3) is 0 Å². The number of para-hydroxylation sites is 3. The van der Waals surface area contributed by atoms with Crippen LogP contribution in [0.1, 0.15) is 13.3 Å². The van der Waals surface area contributed by atoms with Crippen LogP contribution in [0.3, 0.4) is 0 Å². The van der Waals surface area contributed by atoms with Crippen LogP contribution in [0.25, 0.3) is 65.3 Å². The highest BCUT2D eigenvalue weighted by Gasteiger charge is 2.20. The van der Waals surface area contributed by atoms with E-state index in [2.05, 4.69) is 247 Å². The Morgan fingerprint density at radius 3 is 1.16 bits per heavy atom. The van der Waals surface area contributed by atoms with Gasteiger partial charge in [-0.25, -0.2) is 0 Å². The number of fused-ring (bicyclic) bond motifs is 4. The molecular weight excluding hydrogens is 737 g/mol. The summed E-state index contributed by atoms with van der Waals surface area (Å²) in [7, 11) is 0. The molecule has 1 atom stereocenters. The van der Waals surface area contributed by atoms with Crippen LogP contribution in [0.5, 0.6) is 0 Å². The Hall–Kier alpha value is -7.68. The standard InChI is InChI=1S/C59H44N2/c1-41-25-33-51(34-26-41)61(50-19-9-4-10-20-50)53-36-32-43-38-47(30-28-45(43)40-53)59-56-23-13-11-21-54(56)58(55-22-12-14-24-57(55)59)46-29-27-44-39-52(35-31-42(44)37-46)60(48-15-5-2-6-16-48)49-17-7-3-8-18-49/h2-25,27-41H,26H2,1H3. The Kier molecular flexibility index (Phi) is 9.24. The fourth-order valence-electron chi connectivity index (χ4n) is 9.31. The van der Waals surface area contributed by atoms with Crippen LogP contribution in [-0.4, -0.2) is 0 Å². The largest absolute Gasteiger partial charge is 0.311 e. The van der Waals surface area contributed by atoms with Crippen LogP contribution in [0.4, 0.5) is 28.4 Å². The Morgan fingerprint density at radius 1 is 0.361 bits per heavy atom. The van der Waals surface area contributed by atoms with Crippen molar-refractivity contribution in [2.24, 2.45) is 5.92 Å². The fourth-order valence-corrected chi connectivity index (χ4v) is 9.31. The second-order valence-corrected chi connectivity index (χ2v) is 16.2. The molecule has 1 unspecified atom stereocenters. The van der Waals surface area contributed by atoms with Gasteiger partial charge in [0.2, 0.25) is 0 Å². The van der Waals surface area contributed by atoms with Gasteiger partial charge in [0.05, 0.1) is 0 Å². The molecule has 0 N–H and O–H groups in total. The molecule has 0 saturated heterocycles. The molecule has 0 aliphatic heterocycles. The van der Waals surface area contributed by atoms with Crippen molar-refractivity contribution in [1.29, 1.82) is 0 Å². The molecule has 1 aliphatic carbocycles. The number of hydrogen-bond donors (Lipinski definition) is 0. The second-order valence-electron chi connectivity index (χ2n) is 16.2. The Bertz CT molecular complexity index is 3200. The summed E-state index contributed by atoms with van der Waals surface area (Å²) in [6.45, 7) is 2.27. The zero-order valence-corrected chi connectivity index (χ0v) is 34.1. The summed E-state index contributed by atoms with van der Waals surface area (Å²) in [5.41, 5.74) is 11.9. The fraction of sp³-hybridized carbons (Fsp3) is 0.0508. The van der Waals surface area contributed by atoms with Gasteiger partial charge >= 0.3 is 0 Å². The summed E-state index contributed by atoms with van der Waals surface area (Å²) < 4.78 is 0. The molecule has 0 heterocycles. The molecule has 1 aliphatic rings. The molecule has 2 nitrogen and oxygen atoms in total. The lowest BCUT2D eigenvalue weighted by Crippen LogP contribution is -2.17. The lowest BCUT2D eigenvalue weighted by molar-refractivity contribution is 0.728. The van der Waals surface area contributed by atoms with Crippen molar-refractivity contribution >= 4 is 71.5 Å². The van der Waals surface area contributed by atoms with E-state index >= 15 is 0 Å². The summed E-state index contributed by atoms with van der Waals surface area (Å²) >= 11 is 0. The van der Waals surface area contributed by atoms with Gasteiger partial charge < -0.3 is 9.80 Å². The first-order valence-corrected chi connectivity index (χ1v) is 21.3. The van der Waals surface area contributed by atoms with E-state index in [1.54, 1.807) is 0 Å². The maximum Gasteiger partial charge on any atom is 0.0468 e. The van der Waals surface area contributed by atoms with Gasteiger partial charge in [-0.1, -0.05) is 159 Å². The highest BCUT2D eigenvalue weighted by atomic mass is 15.1. The minimum Gasteiger partial charge on any atom is -0.311 e. The molecule has 2 heteroatoms. The predicted octanol–water partition coefficient (Wildman–Crippen LogP) is 16.7. The van der Waals surface area contributed by atoms with Crippen LogP contribution in [0, 0.1) is 5.92 Å². The highest BCUT2D eigenvalue weighted by Crippen LogP contribution is 2.45. The molecule has 0 spiro atoms. The quantitative estimate of drug-likeness (QED) is 0.142. The lowest BCUT2D eigenvalue weighted by Gasteiger charge is -2.28. The smallest absolute Gasteiger partial charge is 0.0468 e. The molecule has 0 aromatic heterocycles. The Morgan fingerprint density at radius 2 is 0.738 bits per heavy atom. The minimum absolute atomic E-state index is 0.552. The van der Waals surface area contributed by atoms with Gasteiger partial charge in [0.1, 0.15) is 0 Å². The van der Waals surface area contributed by atoms with Crippen molar-refractivity contribution < 1.29 is 0 Å². The number of anilines is 5. The summed E-state index contributed by atoms with van der Waals surface area (Å²) in [6, 6.07) is 77.5. The normalized spacial score (nSPS) is 13.8. The van der Waals surface area contributed by atoms with E-state index in [-0.39, 0.29) is 0 Å². The van der Waals surface area contributed by atoms with E-state index in [1.165, 1.54) is 71.0 Å². The molecule has 10 aromatic carbocycles. The first-order valence-electron chi connectivity index (χ1n) is 21.3. The van der Waals surface area contributed by atoms with E-state index in [0.717, 1.165) is 34.9 Å². The van der Waals surface area contributed by atoms with Gasteiger partial charge in [-0.05, 0) is 157 Å². The molecule has 0 radical (unpaired) electrons. The van der Waals surface area contributed by atoms with E-state index in [9.17, 15) is 0 Å². The molecule has 290 valence electrons. The zero-order valence-electron chi connectivity index (χ0n) is 34.1. The molecule has 0 saturated carbocycles. The topological polar surface area (TPSA) is 6.48 Å². The van der Waals surface area contributed by atoms with Gasteiger partial charge in [-0.15, -0.1) is 0 Å². The second kappa shape index (κ2) is 15.5. The summed E-state index contributed by atoms with van der Waals surface area (Å²) in [5, 5.41) is 9.87. The van der Waals surface area contributed by atoms with Crippen molar-refractivity contribution in [2.45, 2.75) is 13.3 Å². The molecule has 0 amide bonds. The van der Waals surface area contributed by atoms with Gasteiger partial charge in [-0.3, -0.25) is 0 Å². The summed E-state index contributed by atoms with van der Waals surface area (Å²) in [4.78, 5) is 4.71. The van der Waals surface area contributed by atoms with Crippen LogP contribution < -0.4 is 9.80 Å². The Labute approximate surface area is 357 Å². The molecule has 0 bridgehead atoms. The van der Waals surface area contributed by atoms with Crippen molar-refractivity contribution in [2.75, 3.05) is 9.80 Å². The lowest BCUT2D eigenvalue weighted by atomic mass is 9.85. The van der Waals surface area contributed by atoms with E-state index in [0.29, 0.717) is 5.92 Å². The number of allylic oxidation sites excluding steroid dienone is 3. The van der Waals surface area contributed by atoms with Crippen molar-refractivity contribution in [3.05, 3.63) is 236 Å². The van der Waals surface area contributed by atoms with Crippen LogP contribution >= 0.6 is 0 Å². The molecule has 10 aromatic rings. The average Bonchev–Trinajstić information content (AvgIpc) is 3.32. The van der Waals surface area contributed by atoms with E-state index < -0.39 is 0 Å². The molecule has 61 heavy (non-hydrogen) atoms. The SMILES string of the molecule is CC1C=CC(N(c2ccccc2)c2ccc3cc(-c4c5ccccc5c(-c5ccc6cc(N(c7ccccc7)c7ccccc7)ccc6c5)c5ccccc45)ccc3c2)=CC1. The summed E-state index contributed by atoms with van der Waals surface area (Å²) in [6.07, 6.45) is 8.00. The van der Waals surface area contributed by atoms with Gasteiger partial charge in [-0.2, -0.15) is 0 Å². The van der Waals surface area contributed by atoms with Crippen LogP contribution in [0.2, 0.25) is 0 Å². The molecule has 0 fully saturated rings. The number of nitrogens with zero attached hydrogens (tertiary/aromatic N) is 2. The first-order chi connectivity index (χ1) is 30.2. The van der Waals surface area contributed by atoms with Gasteiger partial charge in [0.15, 0.2) is 0 Å². The van der Waals surface area contributed by atoms with Crippen molar-refractivity contribution in [3.63, 3.8) is 0 Å². The molecular formula is C59H44N2. The summed E-state index contributed by atoms with van der Waals surface area (Å²) in [5.74, 6) is 0.552. The minimum atomic E-state index is 0.552. The van der Waals surface area contributed by atoms with E-state index in [4.69, 9.17) is 0 Å². The first kappa shape index (κ1) is 36.4. The number of rotatable bonds is 8. The highest BCUT2D eigenvalue weighted by molar-refractivity contribution is 6.22. The maximum absolute atomic E-state index is 2.38. The maximum atomic E-state index is 2.38.